The van der Waals surface area contributed by atoms with Gasteiger partial charge in [-0.2, -0.15) is 4.68 Å². The lowest BCUT2D eigenvalue weighted by Gasteiger charge is -2.08. The monoisotopic (exact) mass is 455 g/mol. The second-order valence-corrected chi connectivity index (χ2v) is 8.06. The van der Waals surface area contributed by atoms with Crippen LogP contribution in [0.1, 0.15) is 36.0 Å². The van der Waals surface area contributed by atoms with E-state index < -0.39 is 0 Å². The largest absolute Gasteiger partial charge is 0.494 e. The van der Waals surface area contributed by atoms with Crippen molar-refractivity contribution >= 4 is 23.0 Å². The highest BCUT2D eigenvalue weighted by atomic mass is 16.5. The predicted octanol–water partition coefficient (Wildman–Crippen LogP) is 6.04. The summed E-state index contributed by atoms with van der Waals surface area (Å²) in [6, 6.07) is 23.6. The third-order valence-corrected chi connectivity index (χ3v) is 5.59. The molecule has 4 aromatic rings. The molecule has 6 heteroatoms. The van der Waals surface area contributed by atoms with E-state index in [1.54, 1.807) is 13.2 Å². The Balaban J connectivity index is 1.29. The summed E-state index contributed by atoms with van der Waals surface area (Å²) in [4.78, 5) is 12.5. The summed E-state index contributed by atoms with van der Waals surface area (Å²) >= 11 is 0. The number of rotatable bonds is 11. The fourth-order valence-electron chi connectivity index (χ4n) is 3.69. The molecular weight excluding hydrogens is 426 g/mol. The van der Waals surface area contributed by atoms with Gasteiger partial charge in [0.25, 0.3) is 5.91 Å². The van der Waals surface area contributed by atoms with E-state index in [0.29, 0.717) is 11.0 Å². The summed E-state index contributed by atoms with van der Waals surface area (Å²) in [7, 11) is 1.74. The molecule has 3 aromatic carbocycles. The molecule has 174 valence electrons. The van der Waals surface area contributed by atoms with Crippen molar-refractivity contribution in [2.24, 2.45) is 0 Å². The number of unbranched alkanes of at least 4 members (excludes halogenated alkanes) is 3. The first-order valence-electron chi connectivity index (χ1n) is 11.6. The van der Waals surface area contributed by atoms with Gasteiger partial charge in [0.1, 0.15) is 11.3 Å². The summed E-state index contributed by atoms with van der Waals surface area (Å²) < 4.78 is 12.2. The van der Waals surface area contributed by atoms with Gasteiger partial charge in [-0.1, -0.05) is 60.2 Å². The van der Waals surface area contributed by atoms with Gasteiger partial charge >= 0.3 is 0 Å². The molecular formula is C28H29N3O3. The number of fused-ring (bicyclic) bond motifs is 1. The summed E-state index contributed by atoms with van der Waals surface area (Å²) in [5, 5.41) is 7.98. The molecule has 0 saturated carbocycles. The second-order valence-electron chi connectivity index (χ2n) is 8.06. The summed E-state index contributed by atoms with van der Waals surface area (Å²) in [5.41, 5.74) is 4.56. The van der Waals surface area contributed by atoms with Gasteiger partial charge in [-0.3, -0.25) is 4.79 Å². The van der Waals surface area contributed by atoms with E-state index in [2.05, 4.69) is 22.4 Å². The van der Waals surface area contributed by atoms with Gasteiger partial charge in [0.2, 0.25) is 0 Å². The van der Waals surface area contributed by atoms with Crippen LogP contribution in [0.5, 0.6) is 5.75 Å². The molecule has 1 aromatic heterocycles. The maximum Gasteiger partial charge on any atom is 0.272 e. The zero-order chi connectivity index (χ0) is 23.6. The molecule has 0 radical (unpaired) electrons. The molecule has 0 amide bonds. The van der Waals surface area contributed by atoms with Crippen molar-refractivity contribution < 1.29 is 14.3 Å². The van der Waals surface area contributed by atoms with Crippen LogP contribution in [-0.4, -0.2) is 41.2 Å². The van der Waals surface area contributed by atoms with E-state index in [1.165, 1.54) is 17.2 Å². The molecule has 0 unspecified atom stereocenters. The molecule has 0 aliphatic carbocycles. The quantitative estimate of drug-likeness (QED) is 0.204. The Morgan fingerprint density at radius 2 is 1.53 bits per heavy atom. The minimum Gasteiger partial charge on any atom is -0.494 e. The van der Waals surface area contributed by atoms with Gasteiger partial charge in [0.15, 0.2) is 0 Å². The predicted molar refractivity (Wildman–Crippen MR) is 135 cm³/mol. The number of carbonyl (C=O) groups is 1. The van der Waals surface area contributed by atoms with Crippen molar-refractivity contribution in [3.8, 4) is 16.9 Å². The zero-order valence-corrected chi connectivity index (χ0v) is 19.4. The Morgan fingerprint density at radius 1 is 0.853 bits per heavy atom. The molecule has 1 heterocycles. The van der Waals surface area contributed by atoms with E-state index in [9.17, 15) is 4.79 Å². The van der Waals surface area contributed by atoms with Crippen LogP contribution in [-0.2, 0) is 4.74 Å². The first-order chi connectivity index (χ1) is 16.7. The SMILES string of the molecule is COCCCCCCOc1ccc(-c2ccc(C=CC(=O)n3nnc4ccccc43)cc2)cc1. The zero-order valence-electron chi connectivity index (χ0n) is 19.4. The molecule has 0 fully saturated rings. The maximum atomic E-state index is 12.5. The van der Waals surface area contributed by atoms with Crippen molar-refractivity contribution in [1.82, 2.24) is 15.0 Å². The first kappa shape index (κ1) is 23.4. The third-order valence-electron chi connectivity index (χ3n) is 5.59. The van der Waals surface area contributed by atoms with Gasteiger partial charge < -0.3 is 9.47 Å². The topological polar surface area (TPSA) is 66.2 Å². The van der Waals surface area contributed by atoms with Crippen LogP contribution in [0.25, 0.3) is 28.2 Å². The van der Waals surface area contributed by atoms with E-state index in [-0.39, 0.29) is 5.91 Å². The number of allylic oxidation sites excluding steroid dienone is 1. The molecule has 0 aliphatic heterocycles. The lowest BCUT2D eigenvalue weighted by molar-refractivity contribution is 0.0958. The molecule has 0 aliphatic rings. The molecule has 0 N–H and O–H groups in total. The Labute approximate surface area is 199 Å². The van der Waals surface area contributed by atoms with Gasteiger partial charge in [-0.25, -0.2) is 0 Å². The molecule has 4 rings (SSSR count). The van der Waals surface area contributed by atoms with Crippen molar-refractivity contribution in [1.29, 1.82) is 0 Å². The molecule has 0 saturated heterocycles. The van der Waals surface area contributed by atoms with E-state index >= 15 is 0 Å². The van der Waals surface area contributed by atoms with E-state index in [4.69, 9.17) is 9.47 Å². The number of hydrogen-bond donors (Lipinski definition) is 0. The molecule has 0 bridgehead atoms. The number of methoxy groups -OCH3 is 1. The second kappa shape index (κ2) is 11.9. The van der Waals surface area contributed by atoms with Crippen LogP contribution in [0, 0.1) is 0 Å². The van der Waals surface area contributed by atoms with Gasteiger partial charge in [0, 0.05) is 19.8 Å². The fraction of sp³-hybridized carbons (Fsp3) is 0.250. The molecule has 6 nitrogen and oxygen atoms in total. The number of carbonyl (C=O) groups excluding carboxylic acids is 1. The number of benzene rings is 3. The fourth-order valence-corrected chi connectivity index (χ4v) is 3.69. The lowest BCUT2D eigenvalue weighted by Crippen LogP contribution is -2.08. The van der Waals surface area contributed by atoms with Gasteiger partial charge in [-0.15, -0.1) is 5.10 Å². The van der Waals surface area contributed by atoms with Crippen molar-refractivity contribution in [2.75, 3.05) is 20.3 Å². The van der Waals surface area contributed by atoms with Crippen LogP contribution in [0.2, 0.25) is 0 Å². The average Bonchev–Trinajstić information content (AvgIpc) is 3.32. The Kier molecular flexibility index (Phi) is 8.19. The summed E-state index contributed by atoms with van der Waals surface area (Å²) in [6.07, 6.45) is 7.79. The lowest BCUT2D eigenvalue weighted by atomic mass is 10.0. The Hall–Kier alpha value is -3.77. The van der Waals surface area contributed by atoms with Gasteiger partial charge in [0.05, 0.1) is 12.1 Å². The molecule has 0 spiro atoms. The minimum absolute atomic E-state index is 0.233. The number of nitrogens with zero attached hydrogens (tertiary/aromatic N) is 3. The normalized spacial score (nSPS) is 11.3. The summed E-state index contributed by atoms with van der Waals surface area (Å²) in [6.45, 7) is 1.56. The minimum atomic E-state index is -0.233. The van der Waals surface area contributed by atoms with Crippen molar-refractivity contribution in [2.45, 2.75) is 25.7 Å². The number of hydrogen-bond acceptors (Lipinski definition) is 5. The van der Waals surface area contributed by atoms with Crippen LogP contribution in [0.15, 0.2) is 78.9 Å². The number of aromatic nitrogens is 3. The van der Waals surface area contributed by atoms with E-state index in [0.717, 1.165) is 54.9 Å². The van der Waals surface area contributed by atoms with Crippen LogP contribution >= 0.6 is 0 Å². The highest BCUT2D eigenvalue weighted by Crippen LogP contribution is 2.23. The van der Waals surface area contributed by atoms with Crippen LogP contribution < -0.4 is 4.74 Å². The van der Waals surface area contributed by atoms with Crippen molar-refractivity contribution in [3.05, 3.63) is 84.4 Å². The first-order valence-corrected chi connectivity index (χ1v) is 11.6. The van der Waals surface area contributed by atoms with Crippen LogP contribution in [0.4, 0.5) is 0 Å². The maximum absolute atomic E-state index is 12.5. The van der Waals surface area contributed by atoms with E-state index in [1.807, 2.05) is 60.7 Å². The smallest absolute Gasteiger partial charge is 0.272 e. The molecule has 0 atom stereocenters. The summed E-state index contributed by atoms with van der Waals surface area (Å²) in [5.74, 6) is 0.655. The standard InChI is InChI=1S/C28H29N3O3/c1-33-20-6-2-3-7-21-34-25-17-15-24(16-18-25)23-13-10-22(11-14-23)12-19-28(32)31-27-9-5-4-8-26(27)29-30-31/h4-5,8-19H,2-3,6-7,20-21H2,1H3. The Morgan fingerprint density at radius 3 is 2.26 bits per heavy atom. The average molecular weight is 456 g/mol. The number of ether oxygens (including phenoxy) is 2. The van der Waals surface area contributed by atoms with Crippen LogP contribution in [0.3, 0.4) is 0 Å². The number of para-hydroxylation sites is 1. The van der Waals surface area contributed by atoms with Gasteiger partial charge in [-0.05, 0) is 66.3 Å². The highest BCUT2D eigenvalue weighted by molar-refractivity contribution is 5.98. The highest BCUT2D eigenvalue weighted by Gasteiger charge is 2.08. The molecule has 34 heavy (non-hydrogen) atoms. The van der Waals surface area contributed by atoms with Crippen molar-refractivity contribution in [3.63, 3.8) is 0 Å². The Bertz CT molecular complexity index is 1230. The third kappa shape index (κ3) is 6.17.